The molecule has 0 saturated heterocycles. The molecule has 0 aliphatic rings. The maximum atomic E-state index is 6.09. The second-order valence-corrected chi connectivity index (χ2v) is 4.83. The zero-order chi connectivity index (χ0) is 11.4. The number of anilines is 1. The Labute approximate surface area is 105 Å². The van der Waals surface area contributed by atoms with Gasteiger partial charge in [-0.05, 0) is 17.7 Å². The van der Waals surface area contributed by atoms with Crippen molar-refractivity contribution in [1.29, 1.82) is 0 Å². The largest absolute Gasteiger partial charge is 0.398 e. The summed E-state index contributed by atoms with van der Waals surface area (Å²) in [5.74, 6) is 0.884. The second kappa shape index (κ2) is 5.28. The van der Waals surface area contributed by atoms with Gasteiger partial charge in [-0.1, -0.05) is 48.0 Å². The summed E-state index contributed by atoms with van der Waals surface area (Å²) in [5.41, 5.74) is 7.89. The van der Waals surface area contributed by atoms with Gasteiger partial charge in [0, 0.05) is 16.3 Å². The minimum Gasteiger partial charge on any atom is -0.398 e. The first kappa shape index (κ1) is 11.4. The lowest BCUT2D eigenvalue weighted by atomic mass is 10.2. The highest BCUT2D eigenvalue weighted by molar-refractivity contribution is 7.98. The molecule has 2 aromatic carbocycles. The van der Waals surface area contributed by atoms with Crippen molar-refractivity contribution in [2.24, 2.45) is 0 Å². The molecule has 0 atom stereocenters. The molecular weight excluding hydrogens is 238 g/mol. The minimum absolute atomic E-state index is 0.723. The Hall–Kier alpha value is -1.12. The standard InChI is InChI=1S/C13H12ClNS/c14-11-7-4-8-12(15)13(11)16-9-10-5-2-1-3-6-10/h1-8H,9,15H2. The normalized spacial score (nSPS) is 10.3. The van der Waals surface area contributed by atoms with Crippen molar-refractivity contribution in [3.05, 3.63) is 59.1 Å². The van der Waals surface area contributed by atoms with Crippen molar-refractivity contribution >= 4 is 29.1 Å². The maximum absolute atomic E-state index is 6.09. The Morgan fingerprint density at radius 1 is 1.00 bits per heavy atom. The molecule has 0 bridgehead atoms. The first-order chi connectivity index (χ1) is 7.77. The fourth-order valence-corrected chi connectivity index (χ4v) is 2.70. The van der Waals surface area contributed by atoms with E-state index in [9.17, 15) is 0 Å². The van der Waals surface area contributed by atoms with E-state index < -0.39 is 0 Å². The van der Waals surface area contributed by atoms with Crippen molar-refractivity contribution in [1.82, 2.24) is 0 Å². The molecule has 0 aliphatic heterocycles. The monoisotopic (exact) mass is 249 g/mol. The van der Waals surface area contributed by atoms with Gasteiger partial charge in [0.05, 0.1) is 5.02 Å². The van der Waals surface area contributed by atoms with Crippen LogP contribution in [0.25, 0.3) is 0 Å². The lowest BCUT2D eigenvalue weighted by molar-refractivity contribution is 1.38. The topological polar surface area (TPSA) is 26.0 Å². The molecule has 0 amide bonds. The SMILES string of the molecule is Nc1cccc(Cl)c1SCc1ccccc1. The van der Waals surface area contributed by atoms with E-state index in [1.165, 1.54) is 5.56 Å². The lowest BCUT2D eigenvalue weighted by Crippen LogP contribution is -1.89. The number of hydrogen-bond donors (Lipinski definition) is 1. The summed E-state index contributed by atoms with van der Waals surface area (Å²) in [6.07, 6.45) is 0. The average Bonchev–Trinajstić information content (AvgIpc) is 2.30. The molecule has 2 N–H and O–H groups in total. The van der Waals surface area contributed by atoms with Crippen LogP contribution in [0.5, 0.6) is 0 Å². The molecule has 0 aliphatic carbocycles. The summed E-state index contributed by atoms with van der Waals surface area (Å²) >= 11 is 7.76. The summed E-state index contributed by atoms with van der Waals surface area (Å²) in [7, 11) is 0. The van der Waals surface area contributed by atoms with Crippen LogP contribution in [0.2, 0.25) is 5.02 Å². The van der Waals surface area contributed by atoms with E-state index in [-0.39, 0.29) is 0 Å². The van der Waals surface area contributed by atoms with Crippen LogP contribution in [0.15, 0.2) is 53.4 Å². The van der Waals surface area contributed by atoms with E-state index in [4.69, 9.17) is 17.3 Å². The third kappa shape index (κ3) is 2.71. The Bertz CT molecular complexity index is 450. The third-order valence-corrected chi connectivity index (χ3v) is 3.87. The van der Waals surface area contributed by atoms with Crippen LogP contribution in [-0.4, -0.2) is 0 Å². The van der Waals surface area contributed by atoms with Crippen LogP contribution >= 0.6 is 23.4 Å². The Kier molecular flexibility index (Phi) is 3.75. The molecule has 0 unspecified atom stereocenters. The average molecular weight is 250 g/mol. The molecule has 3 heteroatoms. The summed E-state index contributed by atoms with van der Waals surface area (Å²) in [6.45, 7) is 0. The first-order valence-corrected chi connectivity index (χ1v) is 6.34. The van der Waals surface area contributed by atoms with E-state index in [0.717, 1.165) is 21.4 Å². The number of thioether (sulfide) groups is 1. The molecule has 0 heterocycles. The van der Waals surface area contributed by atoms with Crippen molar-refractivity contribution in [2.45, 2.75) is 10.6 Å². The van der Waals surface area contributed by atoms with Crippen LogP contribution < -0.4 is 5.73 Å². The molecule has 0 saturated carbocycles. The maximum Gasteiger partial charge on any atom is 0.0562 e. The molecule has 0 aromatic heterocycles. The quantitative estimate of drug-likeness (QED) is 0.651. The van der Waals surface area contributed by atoms with Crippen LogP contribution in [-0.2, 0) is 5.75 Å². The number of nitrogen functional groups attached to an aromatic ring is 1. The molecule has 16 heavy (non-hydrogen) atoms. The van der Waals surface area contributed by atoms with Crippen molar-refractivity contribution in [3.8, 4) is 0 Å². The van der Waals surface area contributed by atoms with Crippen molar-refractivity contribution < 1.29 is 0 Å². The predicted molar refractivity (Wildman–Crippen MR) is 71.9 cm³/mol. The molecular formula is C13H12ClNS. The summed E-state index contributed by atoms with van der Waals surface area (Å²) in [5, 5.41) is 0.723. The summed E-state index contributed by atoms with van der Waals surface area (Å²) in [6, 6.07) is 15.9. The third-order valence-electron chi connectivity index (χ3n) is 2.22. The predicted octanol–water partition coefficient (Wildman–Crippen LogP) is 4.21. The van der Waals surface area contributed by atoms with Crippen LogP contribution in [0.1, 0.15) is 5.56 Å². The molecule has 2 rings (SSSR count). The zero-order valence-electron chi connectivity index (χ0n) is 8.69. The summed E-state index contributed by atoms with van der Waals surface area (Å²) in [4.78, 5) is 0.966. The van der Waals surface area contributed by atoms with Gasteiger partial charge >= 0.3 is 0 Å². The smallest absolute Gasteiger partial charge is 0.0562 e. The zero-order valence-corrected chi connectivity index (χ0v) is 10.3. The Morgan fingerprint density at radius 2 is 1.75 bits per heavy atom. The van der Waals surface area contributed by atoms with Gasteiger partial charge in [0.25, 0.3) is 0 Å². The van der Waals surface area contributed by atoms with Crippen molar-refractivity contribution in [3.63, 3.8) is 0 Å². The Balaban J connectivity index is 2.11. The van der Waals surface area contributed by atoms with Gasteiger partial charge < -0.3 is 5.73 Å². The van der Waals surface area contributed by atoms with Gasteiger partial charge in [0.2, 0.25) is 0 Å². The van der Waals surface area contributed by atoms with Crippen molar-refractivity contribution in [2.75, 3.05) is 5.73 Å². The second-order valence-electron chi connectivity index (χ2n) is 3.43. The first-order valence-electron chi connectivity index (χ1n) is 4.98. The van der Waals surface area contributed by atoms with Gasteiger partial charge in [0.1, 0.15) is 0 Å². The molecule has 0 spiro atoms. The highest BCUT2D eigenvalue weighted by Crippen LogP contribution is 2.34. The molecule has 0 radical (unpaired) electrons. The van der Waals surface area contributed by atoms with E-state index in [2.05, 4.69) is 12.1 Å². The van der Waals surface area contributed by atoms with E-state index in [1.807, 2.05) is 36.4 Å². The highest BCUT2D eigenvalue weighted by Gasteiger charge is 2.04. The number of benzene rings is 2. The fraction of sp³-hybridized carbons (Fsp3) is 0.0769. The van der Waals surface area contributed by atoms with Gasteiger partial charge in [-0.3, -0.25) is 0 Å². The number of nitrogens with two attached hydrogens (primary N) is 1. The van der Waals surface area contributed by atoms with Crippen LogP contribution in [0.4, 0.5) is 5.69 Å². The van der Waals surface area contributed by atoms with E-state index >= 15 is 0 Å². The number of rotatable bonds is 3. The van der Waals surface area contributed by atoms with Gasteiger partial charge in [-0.15, -0.1) is 11.8 Å². The molecule has 82 valence electrons. The number of halogens is 1. The van der Waals surface area contributed by atoms with Gasteiger partial charge in [0.15, 0.2) is 0 Å². The number of hydrogen-bond acceptors (Lipinski definition) is 2. The Morgan fingerprint density at radius 3 is 2.44 bits per heavy atom. The summed E-state index contributed by atoms with van der Waals surface area (Å²) < 4.78 is 0. The molecule has 1 nitrogen and oxygen atoms in total. The highest BCUT2D eigenvalue weighted by atomic mass is 35.5. The lowest BCUT2D eigenvalue weighted by Gasteiger charge is -2.07. The molecule has 0 fully saturated rings. The van der Waals surface area contributed by atoms with Crippen LogP contribution in [0.3, 0.4) is 0 Å². The van der Waals surface area contributed by atoms with Crippen LogP contribution in [0, 0.1) is 0 Å². The van der Waals surface area contributed by atoms with E-state index in [1.54, 1.807) is 11.8 Å². The van der Waals surface area contributed by atoms with E-state index in [0.29, 0.717) is 0 Å². The fourth-order valence-electron chi connectivity index (χ4n) is 1.41. The molecule has 2 aromatic rings. The van der Waals surface area contributed by atoms with Gasteiger partial charge in [-0.25, -0.2) is 0 Å². The minimum atomic E-state index is 0.723. The van der Waals surface area contributed by atoms with Gasteiger partial charge in [-0.2, -0.15) is 0 Å².